The van der Waals surface area contributed by atoms with E-state index in [2.05, 4.69) is 127 Å². The van der Waals surface area contributed by atoms with Gasteiger partial charge in [-0.25, -0.2) is 0 Å². The summed E-state index contributed by atoms with van der Waals surface area (Å²) >= 11 is 2.35. The molecule has 0 radical (unpaired) electrons. The molecule has 3 aromatic rings. The number of hydrogen-bond donors (Lipinski definition) is 0. The fourth-order valence-electron chi connectivity index (χ4n) is 6.46. The minimum atomic E-state index is -2.47. The van der Waals surface area contributed by atoms with E-state index in [1.807, 2.05) is 0 Å². The Morgan fingerprint density at radius 1 is 0.512 bits per heavy atom. The van der Waals surface area contributed by atoms with Crippen LogP contribution in [0.1, 0.15) is 102 Å². The Labute approximate surface area is 294 Å². The number of hydrogen-bond acceptors (Lipinski definition) is 0. The number of allylic oxidation sites excluding steroid dienone is 4. The number of benzene rings is 3. The van der Waals surface area contributed by atoms with Crippen LogP contribution in [-0.2, 0) is 39.7 Å². The van der Waals surface area contributed by atoms with Crippen molar-refractivity contribution in [1.82, 2.24) is 0 Å². The van der Waals surface area contributed by atoms with Gasteiger partial charge in [0.25, 0.3) is 0 Å². The van der Waals surface area contributed by atoms with Crippen LogP contribution in [0.25, 0.3) is 0 Å². The third-order valence-electron chi connectivity index (χ3n) is 8.77. The topological polar surface area (TPSA) is 0 Å². The Hall–Kier alpha value is -1.06. The van der Waals surface area contributed by atoms with Gasteiger partial charge in [0.05, 0.1) is 0 Å². The van der Waals surface area contributed by atoms with Gasteiger partial charge in [0, 0.05) is 0 Å². The summed E-state index contributed by atoms with van der Waals surface area (Å²) in [5.41, 5.74) is 6.06. The predicted octanol–water partition coefficient (Wildman–Crippen LogP) is -0.333. The molecule has 0 aliphatic heterocycles. The second-order valence-electron chi connectivity index (χ2n) is 11.7. The third kappa shape index (κ3) is 9.48. The zero-order valence-electron chi connectivity index (χ0n) is 26.6. The molecule has 3 aromatic carbocycles. The maximum absolute atomic E-state index is 2.52. The zero-order chi connectivity index (χ0) is 28.4. The van der Waals surface area contributed by atoms with Crippen LogP contribution in [0, 0.1) is 0 Å². The minimum Gasteiger partial charge on any atom is -1.00 e. The van der Waals surface area contributed by atoms with E-state index in [1.165, 1.54) is 91.2 Å². The Kier molecular flexibility index (Phi) is 18.7. The standard InChI is InChI=1S/C38H49Si.3ClH.Ti/c1-5-9-14-31-19-25-35(26-20-31)39(38-18-12-17-34(38)13-8-4,36-27-21-32(22-28-36)15-10-6-2)37-29-23-33(24-30-37)16-11-7-3;;;;/h12,19-30H,5-11,13-16,18H2,1-4H3;3*1H;/q;;;;+3/p-3. The van der Waals surface area contributed by atoms with Crippen molar-refractivity contribution in [3.8, 4) is 0 Å². The maximum atomic E-state index is 2.52. The van der Waals surface area contributed by atoms with Crippen LogP contribution in [0.2, 0.25) is 0 Å². The molecule has 230 valence electrons. The molecule has 43 heavy (non-hydrogen) atoms. The first-order chi connectivity index (χ1) is 19.6. The van der Waals surface area contributed by atoms with E-state index in [9.17, 15) is 0 Å². The summed E-state index contributed by atoms with van der Waals surface area (Å²) < 4.78 is 1.51. The monoisotopic (exact) mass is 686 g/mol. The Morgan fingerprint density at radius 3 is 1.16 bits per heavy atom. The van der Waals surface area contributed by atoms with Crippen molar-refractivity contribution in [1.29, 1.82) is 0 Å². The van der Waals surface area contributed by atoms with E-state index >= 15 is 0 Å². The van der Waals surface area contributed by atoms with Crippen LogP contribution in [0.4, 0.5) is 0 Å². The normalized spacial score (nSPS) is 12.7. The second-order valence-corrected chi connectivity index (χ2v) is 16.4. The van der Waals surface area contributed by atoms with Gasteiger partial charge in [-0.15, -0.1) is 0 Å². The first-order valence-corrected chi connectivity index (χ1v) is 18.8. The summed E-state index contributed by atoms with van der Waals surface area (Å²) in [4.78, 5) is 0. The van der Waals surface area contributed by atoms with Gasteiger partial charge in [-0.3, -0.25) is 0 Å². The molecule has 0 spiro atoms. The molecule has 0 bridgehead atoms. The minimum absolute atomic E-state index is 0. The van der Waals surface area contributed by atoms with Crippen molar-refractivity contribution in [2.75, 3.05) is 0 Å². The van der Waals surface area contributed by atoms with E-state index in [0.717, 1.165) is 6.42 Å². The van der Waals surface area contributed by atoms with Gasteiger partial charge in [-0.2, -0.15) is 0 Å². The summed E-state index contributed by atoms with van der Waals surface area (Å²) in [7, 11) is -2.47. The van der Waals surface area contributed by atoms with Gasteiger partial charge < -0.3 is 37.2 Å². The second kappa shape index (κ2) is 20.1. The van der Waals surface area contributed by atoms with Crippen molar-refractivity contribution in [3.05, 3.63) is 110 Å². The van der Waals surface area contributed by atoms with Crippen LogP contribution >= 0.6 is 0 Å². The summed E-state index contributed by atoms with van der Waals surface area (Å²) in [6.07, 6.45) is 17.0. The molecule has 5 heteroatoms. The molecular weight excluding hydrogens is 639 g/mol. The fourth-order valence-corrected chi connectivity index (χ4v) is 12.4. The molecule has 0 amide bonds. The summed E-state index contributed by atoms with van der Waals surface area (Å²) in [5, 5.41) is 6.35. The first kappa shape index (κ1) is 40.0. The molecule has 0 unspecified atom stereocenters. The van der Waals surface area contributed by atoms with E-state index < -0.39 is 8.07 Å². The number of halogens is 3. The average Bonchev–Trinajstić information content (AvgIpc) is 3.36. The van der Waals surface area contributed by atoms with Gasteiger partial charge in [0.1, 0.15) is 0 Å². The molecule has 4 rings (SSSR count). The van der Waals surface area contributed by atoms with Crippen molar-refractivity contribution in [2.24, 2.45) is 0 Å². The van der Waals surface area contributed by atoms with E-state index in [1.54, 1.807) is 26.3 Å². The van der Waals surface area contributed by atoms with Crippen molar-refractivity contribution < 1.29 is 57.7 Å². The van der Waals surface area contributed by atoms with Gasteiger partial charge >= 0.3 is 259 Å². The van der Waals surface area contributed by atoms with E-state index in [-0.39, 0.29) is 37.2 Å². The van der Waals surface area contributed by atoms with Crippen molar-refractivity contribution in [3.63, 3.8) is 0 Å². The van der Waals surface area contributed by atoms with Crippen molar-refractivity contribution in [2.45, 2.75) is 105 Å². The zero-order valence-corrected chi connectivity index (χ0v) is 31.5. The molecular formula is C38H49Cl3SiTi. The van der Waals surface area contributed by atoms with Crippen LogP contribution < -0.4 is 52.8 Å². The molecule has 0 saturated heterocycles. The maximum Gasteiger partial charge on any atom is -1.00 e. The smallest absolute Gasteiger partial charge is 1.00 e. The number of rotatable bonds is 15. The van der Waals surface area contributed by atoms with E-state index in [4.69, 9.17) is 0 Å². The van der Waals surface area contributed by atoms with Gasteiger partial charge in [0.2, 0.25) is 0 Å². The Balaban J connectivity index is 0.00000308. The van der Waals surface area contributed by atoms with Gasteiger partial charge in [0.15, 0.2) is 0 Å². The van der Waals surface area contributed by atoms with Gasteiger partial charge in [-0.1, -0.05) is 0 Å². The Morgan fingerprint density at radius 2 is 0.860 bits per heavy atom. The van der Waals surface area contributed by atoms with Crippen molar-refractivity contribution >= 4 is 23.6 Å². The average molecular weight is 688 g/mol. The largest absolute Gasteiger partial charge is 1.00 e. The third-order valence-corrected chi connectivity index (χ3v) is 14.6. The molecule has 1 aliphatic carbocycles. The molecule has 0 saturated carbocycles. The summed E-state index contributed by atoms with van der Waals surface area (Å²) in [6, 6.07) is 29.7. The molecule has 0 fully saturated rings. The number of aryl methyl sites for hydroxylation is 3. The van der Waals surface area contributed by atoms with E-state index in [0.29, 0.717) is 0 Å². The SMILES string of the molecule is CCCCc1ccc([Si](C2=C(CCC)[C]([Ti+3])=CC2)(c2ccc(CCCC)cc2)c2ccc(CCCC)cc2)cc1.[Cl-].[Cl-].[Cl-]. The van der Waals surface area contributed by atoms with Crippen LogP contribution in [0.15, 0.2) is 93.5 Å². The van der Waals surface area contributed by atoms with Crippen LogP contribution in [0.3, 0.4) is 0 Å². The predicted molar refractivity (Wildman–Crippen MR) is 174 cm³/mol. The molecule has 0 aromatic heterocycles. The molecule has 0 heterocycles. The van der Waals surface area contributed by atoms with Gasteiger partial charge in [-0.05, 0) is 0 Å². The quantitative estimate of drug-likeness (QED) is 0.152. The molecule has 1 aliphatic rings. The first-order valence-electron chi connectivity index (χ1n) is 16.0. The molecule has 0 N–H and O–H groups in total. The number of unbranched alkanes of at least 4 members (excludes halogenated alkanes) is 3. The Bertz CT molecular complexity index is 1150. The fraction of sp³-hybridized carbons (Fsp3) is 0.421. The summed E-state index contributed by atoms with van der Waals surface area (Å²) in [5.74, 6) is 0. The molecule has 0 atom stereocenters. The summed E-state index contributed by atoms with van der Waals surface area (Å²) in [6.45, 7) is 9.21. The van der Waals surface area contributed by atoms with Crippen LogP contribution in [-0.4, -0.2) is 8.07 Å². The molecule has 0 nitrogen and oxygen atoms in total. The van der Waals surface area contributed by atoms with Crippen LogP contribution in [0.5, 0.6) is 0 Å².